The number of aliphatic hydroxyl groups excluding tert-OH is 2. The summed E-state index contributed by atoms with van der Waals surface area (Å²) in [6.07, 6.45) is 4.74. The van der Waals surface area contributed by atoms with Crippen LogP contribution < -0.4 is 0 Å². The summed E-state index contributed by atoms with van der Waals surface area (Å²) in [7, 11) is 0. The third kappa shape index (κ3) is 3.00. The van der Waals surface area contributed by atoms with Gasteiger partial charge in [-0.25, -0.2) is 4.39 Å². The first kappa shape index (κ1) is 24.3. The average Bonchev–Trinajstić information content (AvgIpc) is 3.04. The van der Waals surface area contributed by atoms with Crippen LogP contribution in [0.15, 0.2) is 23.8 Å². The van der Waals surface area contributed by atoms with Gasteiger partial charge in [-0.15, -0.1) is 0 Å². The predicted molar refractivity (Wildman–Crippen MR) is 119 cm³/mol. The van der Waals surface area contributed by atoms with Gasteiger partial charge < -0.3 is 14.9 Å². The number of ether oxygens (including phenoxy) is 1. The number of carbonyl (C=O) groups excluding carboxylic acids is 3. The second-order valence-electron chi connectivity index (χ2n) is 11.0. The fourth-order valence-electron chi connectivity index (χ4n) is 7.85. The monoisotopic (exact) mass is 462 g/mol. The van der Waals surface area contributed by atoms with E-state index in [9.17, 15) is 24.6 Å². The highest BCUT2D eigenvalue weighted by atomic mass is 19.1. The van der Waals surface area contributed by atoms with E-state index >= 15 is 4.39 Å². The van der Waals surface area contributed by atoms with Crippen LogP contribution in [0.25, 0.3) is 0 Å². The normalized spacial score (nSPS) is 46.2. The largest absolute Gasteiger partial charge is 0.450 e. The Hall–Kier alpha value is -1.86. The maximum Gasteiger partial charge on any atom is 0.306 e. The number of rotatable bonds is 5. The quantitative estimate of drug-likeness (QED) is 0.609. The van der Waals surface area contributed by atoms with Crippen LogP contribution >= 0.6 is 0 Å². The van der Waals surface area contributed by atoms with Crippen LogP contribution in [0.4, 0.5) is 4.39 Å². The molecule has 0 aromatic heterocycles. The number of esters is 1. The molecule has 6 nitrogen and oxygen atoms in total. The summed E-state index contributed by atoms with van der Waals surface area (Å²) in [5.74, 6) is -2.30. The highest BCUT2D eigenvalue weighted by molar-refractivity contribution is 6.01. The number of aliphatic hydroxyl groups is 2. The van der Waals surface area contributed by atoms with Crippen LogP contribution in [-0.2, 0) is 19.1 Å². The minimum absolute atomic E-state index is 0.0746. The summed E-state index contributed by atoms with van der Waals surface area (Å²) in [5.41, 5.74) is -5.07. The molecule has 0 aromatic rings. The Morgan fingerprint density at radius 2 is 1.97 bits per heavy atom. The Morgan fingerprint density at radius 1 is 1.27 bits per heavy atom. The van der Waals surface area contributed by atoms with Gasteiger partial charge in [-0.2, -0.15) is 0 Å². The molecule has 33 heavy (non-hydrogen) atoms. The Balaban J connectivity index is 1.82. The lowest BCUT2D eigenvalue weighted by molar-refractivity contribution is -0.228. The maximum absolute atomic E-state index is 17.3. The lowest BCUT2D eigenvalue weighted by atomic mass is 9.43. The number of hydrogen-bond acceptors (Lipinski definition) is 6. The van der Waals surface area contributed by atoms with E-state index in [-0.39, 0.29) is 36.9 Å². The summed E-state index contributed by atoms with van der Waals surface area (Å²) in [6.45, 7) is 6.57. The number of ketones is 2. The Labute approximate surface area is 194 Å². The van der Waals surface area contributed by atoms with Crippen LogP contribution in [0.2, 0.25) is 0 Å². The molecule has 3 saturated carbocycles. The molecular formula is C26H35FO6. The number of Topliss-reactive ketones (excluding diaryl/α,β-unsaturated/α-hetero) is 1. The first-order valence-corrected chi connectivity index (χ1v) is 12.1. The van der Waals surface area contributed by atoms with Crippen molar-refractivity contribution < 1.29 is 33.7 Å². The zero-order valence-electron chi connectivity index (χ0n) is 19.9. The van der Waals surface area contributed by atoms with Crippen molar-refractivity contribution in [2.24, 2.45) is 28.6 Å². The molecule has 2 N–H and O–H groups in total. The highest BCUT2D eigenvalue weighted by Gasteiger charge is 2.76. The van der Waals surface area contributed by atoms with Crippen molar-refractivity contribution in [3.63, 3.8) is 0 Å². The van der Waals surface area contributed by atoms with Gasteiger partial charge in [-0.1, -0.05) is 32.4 Å². The van der Waals surface area contributed by atoms with Gasteiger partial charge in [0.1, 0.15) is 6.61 Å². The van der Waals surface area contributed by atoms with Crippen LogP contribution in [-0.4, -0.2) is 51.7 Å². The Morgan fingerprint density at radius 3 is 2.61 bits per heavy atom. The first-order valence-electron chi connectivity index (χ1n) is 12.1. The molecule has 0 radical (unpaired) electrons. The summed E-state index contributed by atoms with van der Waals surface area (Å²) in [5, 5.41) is 21.2. The topological polar surface area (TPSA) is 101 Å². The number of fused-ring (bicyclic) bond motifs is 5. The van der Waals surface area contributed by atoms with E-state index in [1.54, 1.807) is 19.9 Å². The van der Waals surface area contributed by atoms with Crippen LogP contribution in [0.3, 0.4) is 0 Å². The molecule has 3 fully saturated rings. The molecule has 0 amide bonds. The molecule has 4 aliphatic carbocycles. The minimum Gasteiger partial charge on any atom is -0.450 e. The van der Waals surface area contributed by atoms with Gasteiger partial charge in [-0.3, -0.25) is 14.4 Å². The molecular weight excluding hydrogens is 427 g/mol. The highest BCUT2D eigenvalue weighted by Crippen LogP contribution is 2.71. The third-order valence-electron chi connectivity index (χ3n) is 9.42. The van der Waals surface area contributed by atoms with Gasteiger partial charge in [0.15, 0.2) is 17.1 Å². The molecule has 0 spiro atoms. The lowest BCUT2D eigenvalue weighted by Crippen LogP contribution is -2.70. The molecule has 0 aromatic carbocycles. The van der Waals surface area contributed by atoms with E-state index in [1.165, 1.54) is 12.2 Å². The van der Waals surface area contributed by atoms with E-state index in [4.69, 9.17) is 4.74 Å². The Bertz CT molecular complexity index is 941. The van der Waals surface area contributed by atoms with Gasteiger partial charge in [0.05, 0.1) is 6.10 Å². The zero-order valence-corrected chi connectivity index (χ0v) is 19.9. The Kier molecular flexibility index (Phi) is 5.77. The minimum atomic E-state index is -2.03. The van der Waals surface area contributed by atoms with Crippen molar-refractivity contribution in [2.45, 2.75) is 83.6 Å². The molecule has 4 rings (SSSR count). The summed E-state index contributed by atoms with van der Waals surface area (Å²) in [6, 6.07) is 0. The van der Waals surface area contributed by atoms with Gasteiger partial charge in [0.2, 0.25) is 5.78 Å². The van der Waals surface area contributed by atoms with Gasteiger partial charge >= 0.3 is 5.97 Å². The number of hydrogen-bond donors (Lipinski definition) is 2. The molecule has 7 heteroatoms. The molecule has 0 heterocycles. The summed E-state index contributed by atoms with van der Waals surface area (Å²) >= 11 is 0. The van der Waals surface area contributed by atoms with E-state index in [1.807, 2.05) is 13.8 Å². The van der Waals surface area contributed by atoms with Crippen LogP contribution in [0.1, 0.15) is 66.2 Å². The number of allylic oxidation sites excluding steroid dienone is 4. The van der Waals surface area contributed by atoms with Gasteiger partial charge in [0.25, 0.3) is 0 Å². The second kappa shape index (κ2) is 7.84. The first-order chi connectivity index (χ1) is 15.4. The van der Waals surface area contributed by atoms with Crippen molar-refractivity contribution >= 4 is 17.5 Å². The molecule has 182 valence electrons. The molecule has 0 bridgehead atoms. The summed E-state index contributed by atoms with van der Waals surface area (Å²) in [4.78, 5) is 37.7. The molecule has 1 unspecified atom stereocenters. The van der Waals surface area contributed by atoms with Gasteiger partial charge in [0, 0.05) is 23.2 Å². The van der Waals surface area contributed by atoms with Crippen LogP contribution in [0, 0.1) is 28.6 Å². The maximum atomic E-state index is 17.3. The fourth-order valence-corrected chi connectivity index (χ4v) is 7.85. The van der Waals surface area contributed by atoms with Crippen molar-refractivity contribution in [1.82, 2.24) is 0 Å². The molecule has 4 aliphatic rings. The van der Waals surface area contributed by atoms with Crippen molar-refractivity contribution in [3.8, 4) is 0 Å². The summed E-state index contributed by atoms with van der Waals surface area (Å²) < 4.78 is 23.1. The van der Waals surface area contributed by atoms with Crippen LogP contribution in [0.5, 0.6) is 0 Å². The smallest absolute Gasteiger partial charge is 0.306 e. The SMILES string of the molecule is CCCC(=O)O[C@]1(C(=O)CO)CC[C@H]2[C@@H]3C[C@H](C)C4=CC(=O)C=C[C@]4(C)[C@@]3(F)C(O)C[C@@]21C. The average molecular weight is 463 g/mol. The standard InChI is InChI=1S/C26H35FO6/c1-5-6-22(32)33-25(21(31)14-28)10-8-17-19-11-15(2)18-12-16(29)7-9-23(18,3)26(19,27)20(30)13-24(17,25)4/h7,9,12,15,17,19-20,28,30H,5-6,8,10-11,13-14H2,1-4H3/t15-,17-,19-,20?,23-,24-,25-,26-/m0/s1. The van der Waals surface area contributed by atoms with Crippen molar-refractivity contribution in [2.75, 3.05) is 6.61 Å². The number of halogens is 1. The number of carbonyl (C=O) groups is 3. The van der Waals surface area contributed by atoms with Gasteiger partial charge in [-0.05, 0) is 63.0 Å². The zero-order chi connectivity index (χ0) is 24.4. The van der Waals surface area contributed by atoms with E-state index in [2.05, 4.69) is 0 Å². The molecule has 0 aliphatic heterocycles. The van der Waals surface area contributed by atoms with Crippen molar-refractivity contribution in [3.05, 3.63) is 23.8 Å². The lowest BCUT2D eigenvalue weighted by Gasteiger charge is -2.63. The fraction of sp³-hybridized carbons (Fsp3) is 0.731. The number of alkyl halides is 1. The van der Waals surface area contributed by atoms with E-state index in [0.717, 1.165) is 0 Å². The third-order valence-corrected chi connectivity index (χ3v) is 9.42. The predicted octanol–water partition coefficient (Wildman–Crippen LogP) is 3.25. The molecule has 0 saturated heterocycles. The molecule has 8 atom stereocenters. The second-order valence-corrected chi connectivity index (χ2v) is 11.0. The van der Waals surface area contributed by atoms with Crippen molar-refractivity contribution in [1.29, 1.82) is 0 Å². The van der Waals surface area contributed by atoms with E-state index < -0.39 is 52.5 Å². The van der Waals surface area contributed by atoms with E-state index in [0.29, 0.717) is 24.8 Å².